The Bertz CT molecular complexity index is 468. The number of amides is 1. The predicted octanol–water partition coefficient (Wildman–Crippen LogP) is 1.77. The largest absolute Gasteiger partial charge is 0.399 e. The Morgan fingerprint density at radius 1 is 1.17 bits per heavy atom. The van der Waals surface area contributed by atoms with Crippen molar-refractivity contribution in [3.63, 3.8) is 0 Å². The van der Waals surface area contributed by atoms with E-state index in [1.807, 2.05) is 20.8 Å². The van der Waals surface area contributed by atoms with Gasteiger partial charge in [-0.25, -0.2) is 0 Å². The van der Waals surface area contributed by atoms with Gasteiger partial charge in [-0.15, -0.1) is 0 Å². The second-order valence-corrected chi connectivity index (χ2v) is 5.07. The van der Waals surface area contributed by atoms with Gasteiger partial charge >= 0.3 is 0 Å². The molecule has 1 rings (SSSR count). The number of nitrogens with one attached hydrogen (secondary N) is 1. The van der Waals surface area contributed by atoms with E-state index in [2.05, 4.69) is 5.32 Å². The number of nitrogens with two attached hydrogens (primary N) is 1. The second-order valence-electron chi connectivity index (χ2n) is 5.07. The van der Waals surface area contributed by atoms with Crippen LogP contribution >= 0.6 is 0 Å². The molecule has 3 N–H and O–H groups in total. The maximum Gasteiger partial charge on any atom is 0.292 e. The minimum atomic E-state index is -0.603. The number of nitrogen functional groups attached to an aromatic ring is 1. The summed E-state index contributed by atoms with van der Waals surface area (Å²) >= 11 is 0. The molecule has 0 saturated heterocycles. The number of hydrogen-bond acceptors (Lipinski definition) is 3. The van der Waals surface area contributed by atoms with Crippen LogP contribution in [0.15, 0.2) is 30.3 Å². The number of ketones is 1. The first-order chi connectivity index (χ1) is 8.28. The summed E-state index contributed by atoms with van der Waals surface area (Å²) in [4.78, 5) is 23.0. The maximum absolute atomic E-state index is 11.5. The summed E-state index contributed by atoms with van der Waals surface area (Å²) in [5.41, 5.74) is 6.61. The third-order valence-corrected chi connectivity index (χ3v) is 2.08. The van der Waals surface area contributed by atoms with Gasteiger partial charge in [0.1, 0.15) is 0 Å². The maximum atomic E-state index is 11.5. The van der Waals surface area contributed by atoms with Crippen LogP contribution in [0, 0.1) is 0 Å². The molecule has 0 atom stereocenters. The fourth-order valence-corrected chi connectivity index (χ4v) is 1.26. The molecule has 0 aromatic heterocycles. The van der Waals surface area contributed by atoms with Crippen molar-refractivity contribution in [3.8, 4) is 0 Å². The molecule has 0 unspecified atom stereocenters. The Balaban J connectivity index is 2.64. The molecule has 1 aromatic rings. The minimum Gasteiger partial charge on any atom is -0.399 e. The van der Waals surface area contributed by atoms with Gasteiger partial charge in [-0.1, -0.05) is 18.2 Å². The summed E-state index contributed by atoms with van der Waals surface area (Å²) in [5, 5.41) is 2.60. The van der Waals surface area contributed by atoms with Crippen LogP contribution in [0.5, 0.6) is 0 Å². The van der Waals surface area contributed by atoms with Crippen LogP contribution in [-0.2, 0) is 9.59 Å². The molecule has 18 heavy (non-hydrogen) atoms. The monoisotopic (exact) mass is 246 g/mol. The summed E-state index contributed by atoms with van der Waals surface area (Å²) < 4.78 is 0. The van der Waals surface area contributed by atoms with Crippen molar-refractivity contribution < 1.29 is 9.59 Å². The number of hydrogen-bond donors (Lipinski definition) is 2. The highest BCUT2D eigenvalue weighted by atomic mass is 16.2. The van der Waals surface area contributed by atoms with Crippen molar-refractivity contribution in [1.82, 2.24) is 5.32 Å². The number of carbonyl (C=O) groups excluding carboxylic acids is 2. The van der Waals surface area contributed by atoms with E-state index < -0.39 is 17.2 Å². The Morgan fingerprint density at radius 3 is 2.22 bits per heavy atom. The molecule has 0 bridgehead atoms. The Hall–Kier alpha value is -2.10. The van der Waals surface area contributed by atoms with Crippen molar-refractivity contribution in [1.29, 1.82) is 0 Å². The first-order valence-electron chi connectivity index (χ1n) is 5.68. The van der Waals surface area contributed by atoms with E-state index in [1.165, 1.54) is 6.08 Å². The fraction of sp³-hybridized carbons (Fsp3) is 0.286. The van der Waals surface area contributed by atoms with Crippen molar-refractivity contribution in [3.05, 3.63) is 35.9 Å². The van der Waals surface area contributed by atoms with Crippen LogP contribution < -0.4 is 11.1 Å². The lowest BCUT2D eigenvalue weighted by molar-refractivity contribution is -0.136. The van der Waals surface area contributed by atoms with Crippen LogP contribution in [0.4, 0.5) is 5.69 Å². The van der Waals surface area contributed by atoms with E-state index in [0.29, 0.717) is 5.69 Å². The molecule has 0 aliphatic heterocycles. The third kappa shape index (κ3) is 4.82. The average Bonchev–Trinajstić information content (AvgIpc) is 2.25. The van der Waals surface area contributed by atoms with Gasteiger partial charge in [0, 0.05) is 11.2 Å². The van der Waals surface area contributed by atoms with E-state index in [1.54, 1.807) is 30.3 Å². The molecule has 1 aromatic carbocycles. The topological polar surface area (TPSA) is 72.2 Å². The molecule has 0 aliphatic rings. The van der Waals surface area contributed by atoms with Crippen molar-refractivity contribution >= 4 is 23.5 Å². The SMILES string of the molecule is CC(C)(C)NC(=O)C(=O)/C=C/c1ccc(N)cc1. The first kappa shape index (κ1) is 14.0. The van der Waals surface area contributed by atoms with E-state index >= 15 is 0 Å². The van der Waals surface area contributed by atoms with Gasteiger partial charge in [0.25, 0.3) is 5.91 Å². The summed E-state index contributed by atoms with van der Waals surface area (Å²) in [7, 11) is 0. The molecule has 0 fully saturated rings. The average molecular weight is 246 g/mol. The number of anilines is 1. The van der Waals surface area contributed by atoms with Crippen molar-refractivity contribution in [2.45, 2.75) is 26.3 Å². The molecule has 1 amide bonds. The van der Waals surface area contributed by atoms with Crippen LogP contribution in [0.1, 0.15) is 26.3 Å². The van der Waals surface area contributed by atoms with Gasteiger partial charge in [0.05, 0.1) is 0 Å². The van der Waals surface area contributed by atoms with E-state index in [-0.39, 0.29) is 0 Å². The fourth-order valence-electron chi connectivity index (χ4n) is 1.26. The Kier molecular flexibility index (Phi) is 4.26. The molecule has 4 heteroatoms. The number of rotatable bonds is 3. The molecule has 0 spiro atoms. The van der Waals surface area contributed by atoms with E-state index in [4.69, 9.17) is 5.73 Å². The van der Waals surface area contributed by atoms with Gasteiger partial charge in [0.15, 0.2) is 0 Å². The summed E-state index contributed by atoms with van der Waals surface area (Å²) in [6.45, 7) is 5.46. The van der Waals surface area contributed by atoms with Gasteiger partial charge in [-0.2, -0.15) is 0 Å². The molecule has 0 saturated carbocycles. The lowest BCUT2D eigenvalue weighted by atomic mass is 10.1. The highest BCUT2D eigenvalue weighted by Crippen LogP contribution is 2.07. The third-order valence-electron chi connectivity index (χ3n) is 2.08. The molecule has 4 nitrogen and oxygen atoms in total. The minimum absolute atomic E-state index is 0.415. The lowest BCUT2D eigenvalue weighted by Gasteiger charge is -2.19. The normalized spacial score (nSPS) is 11.5. The molecule has 0 radical (unpaired) electrons. The van der Waals surface area contributed by atoms with Gasteiger partial charge in [-0.3, -0.25) is 9.59 Å². The highest BCUT2D eigenvalue weighted by Gasteiger charge is 2.17. The lowest BCUT2D eigenvalue weighted by Crippen LogP contribution is -2.43. The quantitative estimate of drug-likeness (QED) is 0.485. The molecule has 0 aliphatic carbocycles. The second kappa shape index (κ2) is 5.49. The standard InChI is InChI=1S/C14H18N2O2/c1-14(2,3)16-13(18)12(17)9-6-10-4-7-11(15)8-5-10/h4-9H,15H2,1-3H3,(H,16,18)/b9-6+. The first-order valence-corrected chi connectivity index (χ1v) is 5.68. The molecule has 0 heterocycles. The van der Waals surface area contributed by atoms with Crippen molar-refractivity contribution in [2.24, 2.45) is 0 Å². The Morgan fingerprint density at radius 2 is 1.72 bits per heavy atom. The van der Waals surface area contributed by atoms with Gasteiger partial charge < -0.3 is 11.1 Å². The van der Waals surface area contributed by atoms with Crippen LogP contribution in [0.2, 0.25) is 0 Å². The predicted molar refractivity (Wildman–Crippen MR) is 72.8 cm³/mol. The van der Waals surface area contributed by atoms with Crippen LogP contribution in [0.25, 0.3) is 6.08 Å². The number of benzene rings is 1. The molecule has 96 valence electrons. The van der Waals surface area contributed by atoms with Gasteiger partial charge in [-0.05, 0) is 44.5 Å². The smallest absolute Gasteiger partial charge is 0.292 e. The zero-order chi connectivity index (χ0) is 13.8. The zero-order valence-corrected chi connectivity index (χ0v) is 10.9. The Labute approximate surface area is 107 Å². The van der Waals surface area contributed by atoms with Crippen LogP contribution in [-0.4, -0.2) is 17.2 Å². The number of carbonyl (C=O) groups is 2. The van der Waals surface area contributed by atoms with Gasteiger partial charge in [0.2, 0.25) is 5.78 Å². The summed E-state index contributed by atoms with van der Waals surface area (Å²) in [5.74, 6) is -1.17. The zero-order valence-electron chi connectivity index (χ0n) is 10.9. The summed E-state index contributed by atoms with van der Waals surface area (Å²) in [6.07, 6.45) is 2.84. The van der Waals surface area contributed by atoms with Crippen LogP contribution in [0.3, 0.4) is 0 Å². The summed E-state index contributed by atoms with van der Waals surface area (Å²) in [6, 6.07) is 7.03. The van der Waals surface area contributed by atoms with Crippen molar-refractivity contribution in [2.75, 3.05) is 5.73 Å². The van der Waals surface area contributed by atoms with E-state index in [9.17, 15) is 9.59 Å². The molecular formula is C14H18N2O2. The highest BCUT2D eigenvalue weighted by molar-refractivity contribution is 6.41. The van der Waals surface area contributed by atoms with E-state index in [0.717, 1.165) is 5.56 Å². The molecular weight excluding hydrogens is 228 g/mol.